The summed E-state index contributed by atoms with van der Waals surface area (Å²) in [5.41, 5.74) is 1.46. The van der Waals surface area contributed by atoms with Gasteiger partial charge in [0, 0.05) is 24.7 Å². The van der Waals surface area contributed by atoms with Crippen molar-refractivity contribution in [3.63, 3.8) is 0 Å². The maximum absolute atomic E-state index is 12.1. The van der Waals surface area contributed by atoms with E-state index in [0.29, 0.717) is 23.8 Å². The molecule has 3 aromatic rings. The van der Waals surface area contributed by atoms with Gasteiger partial charge >= 0.3 is 0 Å². The molecule has 0 aliphatic carbocycles. The molecular formula is C18H18N4O3. The Bertz CT molecular complexity index is 829. The normalized spacial score (nSPS) is 17.7. The molecule has 1 fully saturated rings. The summed E-state index contributed by atoms with van der Waals surface area (Å²) in [7, 11) is 0. The van der Waals surface area contributed by atoms with Gasteiger partial charge in [-0.2, -0.15) is 4.98 Å². The third-order valence-corrected chi connectivity index (χ3v) is 4.24. The van der Waals surface area contributed by atoms with E-state index >= 15 is 0 Å². The van der Waals surface area contributed by atoms with E-state index in [9.17, 15) is 4.79 Å². The van der Waals surface area contributed by atoms with Crippen LogP contribution in [0.3, 0.4) is 0 Å². The van der Waals surface area contributed by atoms with Crippen LogP contribution in [0.25, 0.3) is 11.5 Å². The van der Waals surface area contributed by atoms with Crippen molar-refractivity contribution in [2.45, 2.75) is 19.0 Å². The van der Waals surface area contributed by atoms with Crippen molar-refractivity contribution < 1.29 is 13.7 Å². The van der Waals surface area contributed by atoms with E-state index in [4.69, 9.17) is 8.94 Å². The number of carbonyl (C=O) groups excluding carboxylic acids is 1. The van der Waals surface area contributed by atoms with Crippen molar-refractivity contribution in [3.05, 3.63) is 60.3 Å². The maximum atomic E-state index is 12.1. The van der Waals surface area contributed by atoms with E-state index in [-0.39, 0.29) is 11.9 Å². The highest BCUT2D eigenvalue weighted by molar-refractivity contribution is 5.93. The number of carbonyl (C=O) groups is 1. The second-order valence-corrected chi connectivity index (χ2v) is 6.09. The van der Waals surface area contributed by atoms with Crippen LogP contribution >= 0.6 is 0 Å². The summed E-state index contributed by atoms with van der Waals surface area (Å²) >= 11 is 0. The molecule has 1 N–H and O–H groups in total. The molecule has 7 heteroatoms. The highest BCUT2D eigenvalue weighted by Crippen LogP contribution is 2.18. The van der Waals surface area contributed by atoms with Crippen LogP contribution in [-0.4, -0.2) is 40.1 Å². The molecule has 1 atom stereocenters. The van der Waals surface area contributed by atoms with Crippen LogP contribution in [-0.2, 0) is 6.54 Å². The minimum atomic E-state index is -0.105. The van der Waals surface area contributed by atoms with Gasteiger partial charge in [-0.05, 0) is 24.6 Å². The monoisotopic (exact) mass is 338 g/mol. The second-order valence-electron chi connectivity index (χ2n) is 6.09. The van der Waals surface area contributed by atoms with Gasteiger partial charge in [-0.15, -0.1) is 0 Å². The predicted octanol–water partition coefficient (Wildman–Crippen LogP) is 2.33. The first-order valence-corrected chi connectivity index (χ1v) is 8.21. The van der Waals surface area contributed by atoms with Crippen molar-refractivity contribution in [1.82, 2.24) is 20.4 Å². The van der Waals surface area contributed by atoms with E-state index < -0.39 is 0 Å². The Balaban J connectivity index is 1.32. The van der Waals surface area contributed by atoms with Crippen LogP contribution in [0.1, 0.15) is 22.6 Å². The van der Waals surface area contributed by atoms with Crippen molar-refractivity contribution >= 4 is 5.91 Å². The molecule has 0 bridgehead atoms. The highest BCUT2D eigenvalue weighted by atomic mass is 16.5. The molecule has 0 saturated carbocycles. The van der Waals surface area contributed by atoms with E-state index in [0.717, 1.165) is 25.1 Å². The first kappa shape index (κ1) is 15.6. The molecular weight excluding hydrogens is 320 g/mol. The van der Waals surface area contributed by atoms with Crippen LogP contribution in [0.4, 0.5) is 0 Å². The predicted molar refractivity (Wildman–Crippen MR) is 89.6 cm³/mol. The average molecular weight is 338 g/mol. The van der Waals surface area contributed by atoms with Gasteiger partial charge in [0.05, 0.1) is 18.4 Å². The number of rotatable bonds is 5. The smallest absolute Gasteiger partial charge is 0.257 e. The van der Waals surface area contributed by atoms with Gasteiger partial charge in [-0.25, -0.2) is 0 Å². The summed E-state index contributed by atoms with van der Waals surface area (Å²) in [4.78, 5) is 18.7. The number of furan rings is 1. The zero-order valence-corrected chi connectivity index (χ0v) is 13.6. The summed E-state index contributed by atoms with van der Waals surface area (Å²) in [6.07, 6.45) is 3.84. The number of hydrogen-bond donors (Lipinski definition) is 1. The number of benzene rings is 1. The summed E-state index contributed by atoms with van der Waals surface area (Å²) in [5, 5.41) is 7.08. The molecule has 0 spiro atoms. The van der Waals surface area contributed by atoms with Crippen LogP contribution in [0.15, 0.2) is 57.9 Å². The fraction of sp³-hybridized carbons (Fsp3) is 0.278. The van der Waals surface area contributed by atoms with Gasteiger partial charge in [-0.3, -0.25) is 9.69 Å². The molecule has 1 amide bonds. The minimum Gasteiger partial charge on any atom is -0.472 e. The number of hydrogen-bond acceptors (Lipinski definition) is 6. The quantitative estimate of drug-likeness (QED) is 0.769. The van der Waals surface area contributed by atoms with Crippen molar-refractivity contribution in [2.75, 3.05) is 13.1 Å². The molecule has 7 nitrogen and oxygen atoms in total. The number of aromatic nitrogens is 2. The molecule has 1 unspecified atom stereocenters. The van der Waals surface area contributed by atoms with Gasteiger partial charge in [0.2, 0.25) is 0 Å². The molecule has 25 heavy (non-hydrogen) atoms. The second kappa shape index (κ2) is 6.90. The lowest BCUT2D eigenvalue weighted by atomic mass is 10.2. The standard InChI is InChI=1S/C18H18N4O3/c23-17(14-7-9-24-12-14)19-15-6-8-22(10-15)11-16-20-18(25-21-16)13-4-2-1-3-5-13/h1-5,7,9,12,15H,6,8,10-11H2,(H,19,23). The van der Waals surface area contributed by atoms with E-state index in [1.807, 2.05) is 30.3 Å². The molecule has 2 aromatic heterocycles. The minimum absolute atomic E-state index is 0.105. The lowest BCUT2D eigenvalue weighted by molar-refractivity contribution is 0.0937. The lowest BCUT2D eigenvalue weighted by Gasteiger charge is -2.14. The first-order valence-electron chi connectivity index (χ1n) is 8.21. The fourth-order valence-corrected chi connectivity index (χ4v) is 2.97. The van der Waals surface area contributed by atoms with Crippen molar-refractivity contribution in [1.29, 1.82) is 0 Å². The average Bonchev–Trinajstić information content (AvgIpc) is 3.38. The Kier molecular flexibility index (Phi) is 4.30. The molecule has 1 aliphatic heterocycles. The summed E-state index contributed by atoms with van der Waals surface area (Å²) < 4.78 is 10.3. The fourth-order valence-electron chi connectivity index (χ4n) is 2.97. The number of amides is 1. The van der Waals surface area contributed by atoms with Crippen LogP contribution < -0.4 is 5.32 Å². The summed E-state index contributed by atoms with van der Waals surface area (Å²) in [6.45, 7) is 2.25. The summed E-state index contributed by atoms with van der Waals surface area (Å²) in [5.74, 6) is 1.08. The van der Waals surface area contributed by atoms with Crippen LogP contribution in [0.2, 0.25) is 0 Å². The zero-order chi connectivity index (χ0) is 17.1. The van der Waals surface area contributed by atoms with E-state index in [1.165, 1.54) is 12.5 Å². The lowest BCUT2D eigenvalue weighted by Crippen LogP contribution is -2.36. The Morgan fingerprint density at radius 3 is 2.96 bits per heavy atom. The molecule has 3 heterocycles. The van der Waals surface area contributed by atoms with E-state index in [1.54, 1.807) is 6.07 Å². The highest BCUT2D eigenvalue weighted by Gasteiger charge is 2.25. The summed E-state index contributed by atoms with van der Waals surface area (Å²) in [6, 6.07) is 11.5. The van der Waals surface area contributed by atoms with Gasteiger partial charge in [-0.1, -0.05) is 23.4 Å². The first-order chi connectivity index (χ1) is 12.3. The Hall–Kier alpha value is -2.93. The van der Waals surface area contributed by atoms with Crippen LogP contribution in [0.5, 0.6) is 0 Å². The van der Waals surface area contributed by atoms with Crippen LogP contribution in [0, 0.1) is 0 Å². The molecule has 4 rings (SSSR count). The largest absolute Gasteiger partial charge is 0.472 e. The third kappa shape index (κ3) is 3.61. The molecule has 0 radical (unpaired) electrons. The Labute approximate surface area is 144 Å². The third-order valence-electron chi connectivity index (χ3n) is 4.24. The number of nitrogens with zero attached hydrogens (tertiary/aromatic N) is 3. The van der Waals surface area contributed by atoms with E-state index in [2.05, 4.69) is 20.4 Å². The van der Waals surface area contributed by atoms with Gasteiger partial charge in [0.25, 0.3) is 11.8 Å². The van der Waals surface area contributed by atoms with Gasteiger partial charge in [0.15, 0.2) is 5.82 Å². The number of likely N-dealkylation sites (tertiary alicyclic amines) is 1. The number of nitrogens with one attached hydrogen (secondary N) is 1. The SMILES string of the molecule is O=C(NC1CCN(Cc2noc(-c3ccccc3)n2)C1)c1ccoc1. The van der Waals surface area contributed by atoms with Crippen molar-refractivity contribution in [3.8, 4) is 11.5 Å². The molecule has 1 saturated heterocycles. The molecule has 1 aromatic carbocycles. The zero-order valence-electron chi connectivity index (χ0n) is 13.6. The van der Waals surface area contributed by atoms with Gasteiger partial charge < -0.3 is 14.3 Å². The maximum Gasteiger partial charge on any atom is 0.257 e. The van der Waals surface area contributed by atoms with Crippen molar-refractivity contribution in [2.24, 2.45) is 0 Å². The Morgan fingerprint density at radius 1 is 1.28 bits per heavy atom. The van der Waals surface area contributed by atoms with Gasteiger partial charge in [0.1, 0.15) is 6.26 Å². The Morgan fingerprint density at radius 2 is 2.16 bits per heavy atom. The topological polar surface area (TPSA) is 84.4 Å². The molecule has 1 aliphatic rings. The molecule has 128 valence electrons.